The SMILES string of the molecule is COc1ccc(CNCC2CCCC2)c(F)c1. The van der Waals surface area contributed by atoms with Crippen LogP contribution in [0, 0.1) is 11.7 Å². The topological polar surface area (TPSA) is 21.3 Å². The summed E-state index contributed by atoms with van der Waals surface area (Å²) in [5.41, 5.74) is 0.712. The van der Waals surface area contributed by atoms with Crippen molar-refractivity contribution in [2.45, 2.75) is 32.2 Å². The predicted octanol–water partition coefficient (Wildman–Crippen LogP) is 3.11. The Kier molecular flexibility index (Phi) is 4.37. The molecule has 1 aromatic rings. The van der Waals surface area contributed by atoms with Crippen LogP contribution in [0.15, 0.2) is 18.2 Å². The van der Waals surface area contributed by atoms with Crippen molar-refractivity contribution in [3.8, 4) is 5.75 Å². The number of hydrogen-bond acceptors (Lipinski definition) is 2. The van der Waals surface area contributed by atoms with E-state index in [2.05, 4.69) is 5.32 Å². The standard InChI is InChI=1S/C14H20FNO/c1-17-13-7-6-12(14(15)8-13)10-16-9-11-4-2-3-5-11/h6-8,11,16H,2-5,9-10H2,1H3. The summed E-state index contributed by atoms with van der Waals surface area (Å²) < 4.78 is 18.6. The highest BCUT2D eigenvalue weighted by Gasteiger charge is 2.14. The molecule has 1 aliphatic carbocycles. The Bertz CT molecular complexity index is 361. The molecule has 1 aromatic carbocycles. The highest BCUT2D eigenvalue weighted by atomic mass is 19.1. The molecule has 2 nitrogen and oxygen atoms in total. The van der Waals surface area contributed by atoms with Crippen LogP contribution in [0.3, 0.4) is 0 Å². The number of hydrogen-bond donors (Lipinski definition) is 1. The zero-order valence-corrected chi connectivity index (χ0v) is 10.3. The molecule has 0 aliphatic heterocycles. The van der Waals surface area contributed by atoms with Gasteiger partial charge in [0.25, 0.3) is 0 Å². The van der Waals surface area contributed by atoms with Crippen molar-refractivity contribution in [3.05, 3.63) is 29.6 Å². The number of ether oxygens (including phenoxy) is 1. The summed E-state index contributed by atoms with van der Waals surface area (Å²) in [5, 5.41) is 3.34. The summed E-state index contributed by atoms with van der Waals surface area (Å²) in [7, 11) is 1.55. The van der Waals surface area contributed by atoms with Gasteiger partial charge in [0.1, 0.15) is 11.6 Å². The quantitative estimate of drug-likeness (QED) is 0.849. The van der Waals surface area contributed by atoms with E-state index in [4.69, 9.17) is 4.74 Å². The smallest absolute Gasteiger partial charge is 0.131 e. The Morgan fingerprint density at radius 2 is 2.12 bits per heavy atom. The maximum absolute atomic E-state index is 13.6. The van der Waals surface area contributed by atoms with Gasteiger partial charge in [0.05, 0.1) is 7.11 Å². The molecule has 0 aromatic heterocycles. The van der Waals surface area contributed by atoms with E-state index in [1.54, 1.807) is 19.2 Å². The summed E-state index contributed by atoms with van der Waals surface area (Å²) in [5.74, 6) is 1.17. The van der Waals surface area contributed by atoms with Crippen LogP contribution >= 0.6 is 0 Å². The molecule has 0 bridgehead atoms. The average Bonchev–Trinajstić information content (AvgIpc) is 2.84. The first-order chi connectivity index (χ1) is 8.29. The van der Waals surface area contributed by atoms with E-state index in [1.165, 1.54) is 31.7 Å². The van der Waals surface area contributed by atoms with Crippen LogP contribution in [0.25, 0.3) is 0 Å². The van der Waals surface area contributed by atoms with Gasteiger partial charge in [0.2, 0.25) is 0 Å². The fraction of sp³-hybridized carbons (Fsp3) is 0.571. The number of nitrogens with one attached hydrogen (secondary N) is 1. The van der Waals surface area contributed by atoms with Gasteiger partial charge in [-0.25, -0.2) is 4.39 Å². The Balaban J connectivity index is 1.81. The van der Waals surface area contributed by atoms with E-state index in [-0.39, 0.29) is 5.82 Å². The first kappa shape index (κ1) is 12.4. The molecule has 94 valence electrons. The summed E-state index contributed by atoms with van der Waals surface area (Å²) in [6.07, 6.45) is 5.34. The lowest BCUT2D eigenvalue weighted by atomic mass is 10.1. The molecule has 0 unspecified atom stereocenters. The Morgan fingerprint density at radius 1 is 1.35 bits per heavy atom. The lowest BCUT2D eigenvalue weighted by Crippen LogP contribution is -2.21. The molecule has 0 saturated heterocycles. The fourth-order valence-corrected chi connectivity index (χ4v) is 2.42. The summed E-state index contributed by atoms with van der Waals surface area (Å²) in [4.78, 5) is 0. The van der Waals surface area contributed by atoms with Gasteiger partial charge < -0.3 is 10.1 Å². The molecule has 3 heteroatoms. The van der Waals surface area contributed by atoms with Crippen LogP contribution in [0.4, 0.5) is 4.39 Å². The number of methoxy groups -OCH3 is 1. The Hall–Kier alpha value is -1.09. The molecule has 1 N–H and O–H groups in total. The molecular weight excluding hydrogens is 217 g/mol. The maximum Gasteiger partial charge on any atom is 0.131 e. The van der Waals surface area contributed by atoms with E-state index in [1.807, 2.05) is 0 Å². The van der Waals surface area contributed by atoms with Gasteiger partial charge in [-0.15, -0.1) is 0 Å². The van der Waals surface area contributed by atoms with Crippen molar-refractivity contribution < 1.29 is 9.13 Å². The summed E-state index contributed by atoms with van der Waals surface area (Å²) >= 11 is 0. The van der Waals surface area contributed by atoms with Crippen LogP contribution in [0.1, 0.15) is 31.2 Å². The van der Waals surface area contributed by atoms with Crippen molar-refractivity contribution in [1.82, 2.24) is 5.32 Å². The van der Waals surface area contributed by atoms with E-state index >= 15 is 0 Å². The molecule has 2 rings (SSSR count). The molecule has 0 spiro atoms. The van der Waals surface area contributed by atoms with Crippen molar-refractivity contribution in [2.75, 3.05) is 13.7 Å². The molecule has 17 heavy (non-hydrogen) atoms. The van der Waals surface area contributed by atoms with E-state index in [0.29, 0.717) is 17.9 Å². The second kappa shape index (κ2) is 6.01. The van der Waals surface area contributed by atoms with E-state index in [9.17, 15) is 4.39 Å². The molecule has 0 heterocycles. The number of halogens is 1. The molecule has 1 fully saturated rings. The largest absolute Gasteiger partial charge is 0.497 e. The minimum absolute atomic E-state index is 0.191. The predicted molar refractivity (Wildman–Crippen MR) is 66.6 cm³/mol. The second-order valence-corrected chi connectivity index (χ2v) is 4.74. The molecule has 1 aliphatic rings. The van der Waals surface area contributed by atoms with Gasteiger partial charge in [-0.05, 0) is 31.4 Å². The van der Waals surface area contributed by atoms with Crippen molar-refractivity contribution in [2.24, 2.45) is 5.92 Å². The third-order valence-corrected chi connectivity index (χ3v) is 3.48. The average molecular weight is 237 g/mol. The van der Waals surface area contributed by atoms with Crippen LogP contribution in [0.5, 0.6) is 5.75 Å². The molecule has 0 amide bonds. The van der Waals surface area contributed by atoms with Crippen molar-refractivity contribution in [3.63, 3.8) is 0 Å². The van der Waals surface area contributed by atoms with Gasteiger partial charge in [-0.1, -0.05) is 18.9 Å². The first-order valence-electron chi connectivity index (χ1n) is 6.32. The van der Waals surface area contributed by atoms with Gasteiger partial charge in [0.15, 0.2) is 0 Å². The minimum atomic E-state index is -0.191. The normalized spacial score (nSPS) is 16.4. The van der Waals surface area contributed by atoms with Gasteiger partial charge in [0, 0.05) is 18.2 Å². The number of rotatable bonds is 5. The third kappa shape index (κ3) is 3.43. The van der Waals surface area contributed by atoms with Crippen LogP contribution < -0.4 is 10.1 Å². The number of benzene rings is 1. The molecular formula is C14H20FNO. The summed E-state index contributed by atoms with van der Waals surface area (Å²) in [6.45, 7) is 1.61. The van der Waals surface area contributed by atoms with Crippen LogP contribution in [-0.2, 0) is 6.54 Å². The fourth-order valence-electron chi connectivity index (χ4n) is 2.42. The minimum Gasteiger partial charge on any atom is -0.497 e. The zero-order chi connectivity index (χ0) is 12.1. The second-order valence-electron chi connectivity index (χ2n) is 4.74. The van der Waals surface area contributed by atoms with E-state index in [0.717, 1.165) is 12.5 Å². The Labute approximate surface area is 102 Å². The Morgan fingerprint density at radius 3 is 2.76 bits per heavy atom. The van der Waals surface area contributed by atoms with Crippen LogP contribution in [-0.4, -0.2) is 13.7 Å². The van der Waals surface area contributed by atoms with Crippen LogP contribution in [0.2, 0.25) is 0 Å². The molecule has 0 atom stereocenters. The summed E-state index contributed by atoms with van der Waals surface area (Å²) in [6, 6.07) is 5.03. The van der Waals surface area contributed by atoms with Gasteiger partial charge >= 0.3 is 0 Å². The monoisotopic (exact) mass is 237 g/mol. The van der Waals surface area contributed by atoms with Gasteiger partial charge in [-0.3, -0.25) is 0 Å². The van der Waals surface area contributed by atoms with Crippen molar-refractivity contribution in [1.29, 1.82) is 0 Å². The molecule has 1 saturated carbocycles. The lowest BCUT2D eigenvalue weighted by molar-refractivity contribution is 0.410. The zero-order valence-electron chi connectivity index (χ0n) is 10.3. The lowest BCUT2D eigenvalue weighted by Gasteiger charge is -2.11. The van der Waals surface area contributed by atoms with E-state index < -0.39 is 0 Å². The third-order valence-electron chi connectivity index (χ3n) is 3.48. The first-order valence-corrected chi connectivity index (χ1v) is 6.32. The van der Waals surface area contributed by atoms with Gasteiger partial charge in [-0.2, -0.15) is 0 Å². The highest BCUT2D eigenvalue weighted by Crippen LogP contribution is 2.24. The molecule has 0 radical (unpaired) electrons. The maximum atomic E-state index is 13.6. The highest BCUT2D eigenvalue weighted by molar-refractivity contribution is 5.28. The van der Waals surface area contributed by atoms with Crippen molar-refractivity contribution >= 4 is 0 Å².